The Morgan fingerprint density at radius 1 is 1.64 bits per heavy atom. The van der Waals surface area contributed by atoms with Gasteiger partial charge in [0, 0.05) is 0 Å². The van der Waals surface area contributed by atoms with E-state index in [2.05, 4.69) is 0 Å². The van der Waals surface area contributed by atoms with E-state index in [0.717, 1.165) is 5.75 Å². The lowest BCUT2D eigenvalue weighted by molar-refractivity contribution is -0.147. The molecule has 14 heavy (non-hydrogen) atoms. The highest BCUT2D eigenvalue weighted by Crippen LogP contribution is 2.00. The summed E-state index contributed by atoms with van der Waals surface area (Å²) in [5.74, 6) is 0.403. The summed E-state index contributed by atoms with van der Waals surface area (Å²) in [6.07, 6.45) is 1.94. The molecule has 0 rings (SSSR count). The largest absolute Gasteiger partial charge is 0.462 e. The molecule has 0 heterocycles. The number of nitrogens with two attached hydrogens (primary N) is 1. The van der Waals surface area contributed by atoms with E-state index in [1.54, 1.807) is 18.7 Å². The van der Waals surface area contributed by atoms with E-state index in [4.69, 9.17) is 15.6 Å². The van der Waals surface area contributed by atoms with E-state index < -0.39 is 18.1 Å². The van der Waals surface area contributed by atoms with Gasteiger partial charge in [-0.05, 0) is 25.4 Å². The van der Waals surface area contributed by atoms with E-state index >= 15 is 0 Å². The summed E-state index contributed by atoms with van der Waals surface area (Å²) in [4.78, 5) is 11.1. The van der Waals surface area contributed by atoms with Gasteiger partial charge in [-0.2, -0.15) is 11.8 Å². The van der Waals surface area contributed by atoms with E-state index in [9.17, 15) is 4.79 Å². The van der Waals surface area contributed by atoms with E-state index in [1.807, 2.05) is 6.26 Å². The fourth-order valence-corrected chi connectivity index (χ4v) is 1.16. The average molecular weight is 244 g/mol. The Morgan fingerprint density at radius 2 is 2.21 bits per heavy atom. The number of halogens is 1. The zero-order valence-electron chi connectivity index (χ0n) is 8.43. The minimum absolute atomic E-state index is 0. The quantitative estimate of drug-likeness (QED) is 0.662. The van der Waals surface area contributed by atoms with Crippen LogP contribution in [-0.2, 0) is 9.53 Å². The first-order valence-electron chi connectivity index (χ1n) is 4.17. The highest BCUT2D eigenvalue weighted by atomic mass is 35.5. The van der Waals surface area contributed by atoms with Crippen molar-refractivity contribution in [1.82, 2.24) is 0 Å². The molecule has 0 aliphatic heterocycles. The van der Waals surface area contributed by atoms with Crippen LogP contribution in [0.15, 0.2) is 0 Å². The molecule has 0 aliphatic rings. The maximum atomic E-state index is 11.1. The van der Waals surface area contributed by atoms with Crippen LogP contribution in [0.1, 0.15) is 13.3 Å². The van der Waals surface area contributed by atoms with Gasteiger partial charge in [0.05, 0.1) is 6.10 Å². The second kappa shape index (κ2) is 9.58. The molecule has 4 nitrogen and oxygen atoms in total. The van der Waals surface area contributed by atoms with Crippen LogP contribution in [0.5, 0.6) is 0 Å². The zero-order valence-corrected chi connectivity index (χ0v) is 10.1. The monoisotopic (exact) mass is 243 g/mol. The van der Waals surface area contributed by atoms with Crippen LogP contribution in [0.2, 0.25) is 0 Å². The molecule has 3 N–H and O–H groups in total. The topological polar surface area (TPSA) is 72.6 Å². The second-order valence-electron chi connectivity index (χ2n) is 2.87. The minimum Gasteiger partial charge on any atom is -0.462 e. The number of carbonyl (C=O) groups is 1. The molecule has 0 radical (unpaired) electrons. The van der Waals surface area contributed by atoms with Gasteiger partial charge in [0.2, 0.25) is 0 Å². The summed E-state index contributed by atoms with van der Waals surface area (Å²) in [6, 6.07) is -0.564. The molecule has 0 aliphatic carbocycles. The molecule has 0 aromatic heterocycles. The Balaban J connectivity index is 0. The Labute approximate surface area is 95.0 Å². The van der Waals surface area contributed by atoms with Crippen LogP contribution in [0.4, 0.5) is 0 Å². The normalized spacial score (nSPS) is 14.0. The third-order valence-corrected chi connectivity index (χ3v) is 2.05. The van der Waals surface area contributed by atoms with Gasteiger partial charge >= 0.3 is 5.97 Å². The molecule has 0 aromatic rings. The maximum absolute atomic E-state index is 11.1. The van der Waals surface area contributed by atoms with Crippen LogP contribution in [0.25, 0.3) is 0 Å². The lowest BCUT2D eigenvalue weighted by Crippen LogP contribution is -2.34. The van der Waals surface area contributed by atoms with Crippen LogP contribution < -0.4 is 5.73 Å². The molecule has 0 spiro atoms. The average Bonchev–Trinajstić information content (AvgIpc) is 2.10. The molecule has 2 unspecified atom stereocenters. The van der Waals surface area contributed by atoms with Crippen molar-refractivity contribution in [1.29, 1.82) is 0 Å². The molecule has 0 aromatic carbocycles. The highest BCUT2D eigenvalue weighted by molar-refractivity contribution is 7.98. The number of carbonyl (C=O) groups excluding carboxylic acids is 1. The van der Waals surface area contributed by atoms with Crippen LogP contribution in [0.3, 0.4) is 0 Å². The lowest BCUT2D eigenvalue weighted by atomic mass is 10.2. The summed E-state index contributed by atoms with van der Waals surface area (Å²) in [5, 5.41) is 8.84. The van der Waals surface area contributed by atoms with E-state index in [1.165, 1.54) is 0 Å². The Bertz CT molecular complexity index is 158. The first-order chi connectivity index (χ1) is 6.07. The first kappa shape index (κ1) is 16.5. The molecular formula is C8H18ClNO3S. The SMILES string of the molecule is CSCCC(N)C(=O)OCC(C)O.Cl. The first-order valence-corrected chi connectivity index (χ1v) is 5.56. The van der Waals surface area contributed by atoms with Crippen molar-refractivity contribution in [3.63, 3.8) is 0 Å². The van der Waals surface area contributed by atoms with Gasteiger partial charge in [0.1, 0.15) is 12.6 Å². The number of rotatable bonds is 6. The second-order valence-corrected chi connectivity index (χ2v) is 3.85. The van der Waals surface area contributed by atoms with Crippen molar-refractivity contribution in [2.45, 2.75) is 25.5 Å². The van der Waals surface area contributed by atoms with Crippen LogP contribution in [-0.4, -0.2) is 41.8 Å². The fraction of sp³-hybridized carbons (Fsp3) is 0.875. The van der Waals surface area contributed by atoms with Crippen LogP contribution in [0, 0.1) is 0 Å². The minimum atomic E-state index is -0.628. The van der Waals surface area contributed by atoms with Crippen molar-refractivity contribution in [3.8, 4) is 0 Å². The van der Waals surface area contributed by atoms with Crippen molar-refractivity contribution in [3.05, 3.63) is 0 Å². The molecule has 0 bridgehead atoms. The highest BCUT2D eigenvalue weighted by Gasteiger charge is 2.14. The van der Waals surface area contributed by atoms with Gasteiger partial charge < -0.3 is 15.6 Å². The van der Waals surface area contributed by atoms with Gasteiger partial charge in [0.25, 0.3) is 0 Å². The molecule has 86 valence electrons. The molecule has 0 saturated carbocycles. The summed E-state index contributed by atoms with van der Waals surface area (Å²) in [7, 11) is 0. The van der Waals surface area contributed by atoms with Crippen LogP contribution >= 0.6 is 24.2 Å². The van der Waals surface area contributed by atoms with Gasteiger partial charge in [-0.3, -0.25) is 4.79 Å². The smallest absolute Gasteiger partial charge is 0.323 e. The Hall–Kier alpha value is 0.0300. The van der Waals surface area contributed by atoms with Crippen molar-refractivity contribution < 1.29 is 14.6 Å². The molecular weight excluding hydrogens is 226 g/mol. The number of esters is 1. The fourth-order valence-electron chi connectivity index (χ4n) is 0.672. The third-order valence-electron chi connectivity index (χ3n) is 1.40. The number of hydrogen-bond donors (Lipinski definition) is 2. The molecule has 2 atom stereocenters. The standard InChI is InChI=1S/C8H17NO3S.ClH/c1-6(10)5-12-8(11)7(9)3-4-13-2;/h6-7,10H,3-5,9H2,1-2H3;1H. The van der Waals surface area contributed by atoms with Gasteiger partial charge in [-0.15, -0.1) is 12.4 Å². The molecule has 6 heteroatoms. The van der Waals surface area contributed by atoms with E-state index in [0.29, 0.717) is 6.42 Å². The number of ether oxygens (including phenoxy) is 1. The Morgan fingerprint density at radius 3 is 2.64 bits per heavy atom. The lowest BCUT2D eigenvalue weighted by Gasteiger charge is -2.11. The predicted octanol–water partition coefficient (Wildman–Crippen LogP) is 0.413. The molecule has 0 saturated heterocycles. The number of thioether (sulfide) groups is 1. The third kappa shape index (κ3) is 8.62. The van der Waals surface area contributed by atoms with Crippen molar-refractivity contribution in [2.75, 3.05) is 18.6 Å². The summed E-state index contributed by atoms with van der Waals surface area (Å²) in [6.45, 7) is 1.58. The number of aliphatic hydroxyl groups is 1. The molecule has 0 fully saturated rings. The van der Waals surface area contributed by atoms with Gasteiger partial charge in [-0.25, -0.2) is 0 Å². The summed E-state index contributed by atoms with van der Waals surface area (Å²) >= 11 is 1.63. The predicted molar refractivity (Wildman–Crippen MR) is 60.9 cm³/mol. The van der Waals surface area contributed by atoms with Gasteiger partial charge in [0.15, 0.2) is 0 Å². The van der Waals surface area contributed by atoms with Gasteiger partial charge in [-0.1, -0.05) is 0 Å². The van der Waals surface area contributed by atoms with Crippen molar-refractivity contribution >= 4 is 30.1 Å². The number of hydrogen-bond acceptors (Lipinski definition) is 5. The number of aliphatic hydroxyl groups excluding tert-OH is 1. The zero-order chi connectivity index (χ0) is 10.3. The Kier molecular flexibility index (Phi) is 11.3. The summed E-state index contributed by atoms with van der Waals surface area (Å²) < 4.78 is 4.74. The van der Waals surface area contributed by atoms with E-state index in [-0.39, 0.29) is 19.0 Å². The summed E-state index contributed by atoms with van der Waals surface area (Å²) in [5.41, 5.74) is 5.52. The maximum Gasteiger partial charge on any atom is 0.323 e. The van der Waals surface area contributed by atoms with Crippen molar-refractivity contribution in [2.24, 2.45) is 5.73 Å². The molecule has 0 amide bonds.